The predicted molar refractivity (Wildman–Crippen MR) is 71.9 cm³/mol. The zero-order valence-corrected chi connectivity index (χ0v) is 11.7. The Morgan fingerprint density at radius 1 is 1.20 bits per heavy atom. The van der Waals surface area contributed by atoms with E-state index in [1.54, 1.807) is 4.90 Å². The molecule has 1 aliphatic rings. The summed E-state index contributed by atoms with van der Waals surface area (Å²) in [6, 6.07) is -1.12. The Morgan fingerprint density at radius 2 is 1.80 bits per heavy atom. The maximum Gasteiger partial charge on any atom is 0.322 e. The molecule has 1 fully saturated rings. The molecule has 0 aromatic heterocycles. The molecule has 2 amide bonds. The summed E-state index contributed by atoms with van der Waals surface area (Å²) in [5.74, 6) is -1.57. The van der Waals surface area contributed by atoms with Gasteiger partial charge in [0.1, 0.15) is 6.04 Å². The number of carboxylic acids is 1. The number of amides is 2. The van der Waals surface area contributed by atoms with Crippen molar-refractivity contribution in [3.63, 3.8) is 0 Å². The minimum atomic E-state index is -1.17. The normalized spacial score (nSPS) is 17.6. The summed E-state index contributed by atoms with van der Waals surface area (Å²) >= 11 is 0. The molecule has 1 rings (SSSR count). The summed E-state index contributed by atoms with van der Waals surface area (Å²) in [7, 11) is 2.00. The van der Waals surface area contributed by atoms with Crippen LogP contribution in [0.4, 0.5) is 0 Å². The number of carbonyl (C=O) groups is 3. The average Bonchev–Trinajstić information content (AvgIpc) is 2.42. The Hall–Kier alpha value is -1.67. The summed E-state index contributed by atoms with van der Waals surface area (Å²) in [5, 5.41) is 11.0. The highest BCUT2D eigenvalue weighted by Gasteiger charge is 2.19. The van der Waals surface area contributed by atoms with Gasteiger partial charge in [0.15, 0.2) is 0 Å². The molecule has 1 aliphatic heterocycles. The highest BCUT2D eigenvalue weighted by Crippen LogP contribution is 2.03. The smallest absolute Gasteiger partial charge is 0.322 e. The molecule has 0 spiro atoms. The SMILES string of the molecule is CN1CCN(C(=O)CCC(=O)NC[C@H](N)C(=O)O)CC1. The Morgan fingerprint density at radius 3 is 2.35 bits per heavy atom. The number of carboxylic acid groups (broad SMARTS) is 1. The van der Waals surface area contributed by atoms with Gasteiger partial charge < -0.3 is 26.0 Å². The molecule has 0 bridgehead atoms. The molecule has 4 N–H and O–H groups in total. The molecule has 20 heavy (non-hydrogen) atoms. The molecule has 1 saturated heterocycles. The van der Waals surface area contributed by atoms with Crippen molar-refractivity contribution in [3.05, 3.63) is 0 Å². The van der Waals surface area contributed by atoms with Gasteiger partial charge in [0.05, 0.1) is 0 Å². The maximum absolute atomic E-state index is 11.9. The number of likely N-dealkylation sites (N-methyl/N-ethyl adjacent to an activating group) is 1. The number of piperazine rings is 1. The standard InChI is InChI=1S/C12H22N4O4/c1-15-4-6-16(7-5-15)11(18)3-2-10(17)14-8-9(13)12(19)20/h9H,2-8,13H2,1H3,(H,14,17)(H,19,20)/t9-/m0/s1. The van der Waals surface area contributed by atoms with E-state index in [-0.39, 0.29) is 31.2 Å². The third-order valence-electron chi connectivity index (χ3n) is 3.26. The van der Waals surface area contributed by atoms with Gasteiger partial charge in [0.2, 0.25) is 11.8 Å². The van der Waals surface area contributed by atoms with E-state index in [0.29, 0.717) is 13.1 Å². The van der Waals surface area contributed by atoms with E-state index in [1.165, 1.54) is 0 Å². The molecule has 1 atom stereocenters. The first-order valence-electron chi connectivity index (χ1n) is 6.61. The summed E-state index contributed by atoms with van der Waals surface area (Å²) in [6.07, 6.45) is 0.190. The minimum Gasteiger partial charge on any atom is -0.480 e. The summed E-state index contributed by atoms with van der Waals surface area (Å²) in [4.78, 5) is 37.7. The van der Waals surface area contributed by atoms with Gasteiger partial charge in [-0.1, -0.05) is 0 Å². The Labute approximate surface area is 117 Å². The summed E-state index contributed by atoms with van der Waals surface area (Å²) in [5.41, 5.74) is 5.26. The third kappa shape index (κ3) is 5.54. The van der Waals surface area contributed by atoms with E-state index in [1.807, 2.05) is 7.05 Å². The van der Waals surface area contributed by atoms with Gasteiger partial charge in [-0.2, -0.15) is 0 Å². The highest BCUT2D eigenvalue weighted by atomic mass is 16.4. The first kappa shape index (κ1) is 16.4. The third-order valence-corrected chi connectivity index (χ3v) is 3.26. The number of hydrogen-bond acceptors (Lipinski definition) is 5. The summed E-state index contributed by atoms with van der Waals surface area (Å²) < 4.78 is 0. The number of nitrogens with two attached hydrogens (primary N) is 1. The number of nitrogens with zero attached hydrogens (tertiary/aromatic N) is 2. The molecule has 1 heterocycles. The van der Waals surface area contributed by atoms with Crippen molar-refractivity contribution >= 4 is 17.8 Å². The first-order chi connectivity index (χ1) is 9.40. The van der Waals surface area contributed by atoms with Crippen molar-refractivity contribution in [2.75, 3.05) is 39.8 Å². The number of carbonyl (C=O) groups excluding carboxylic acids is 2. The molecule has 0 aromatic rings. The average molecular weight is 286 g/mol. The van der Waals surface area contributed by atoms with Crippen molar-refractivity contribution in [1.82, 2.24) is 15.1 Å². The van der Waals surface area contributed by atoms with Gasteiger partial charge in [0.25, 0.3) is 0 Å². The van der Waals surface area contributed by atoms with Crippen LogP contribution < -0.4 is 11.1 Å². The predicted octanol–water partition coefficient (Wildman–Crippen LogP) is -1.93. The number of aliphatic carboxylic acids is 1. The van der Waals surface area contributed by atoms with Gasteiger partial charge in [0, 0.05) is 45.6 Å². The van der Waals surface area contributed by atoms with Crippen molar-refractivity contribution in [3.8, 4) is 0 Å². The molecule has 0 aliphatic carbocycles. The topological polar surface area (TPSA) is 116 Å². The monoisotopic (exact) mass is 286 g/mol. The fourth-order valence-corrected chi connectivity index (χ4v) is 1.83. The largest absolute Gasteiger partial charge is 0.480 e. The van der Waals surface area contributed by atoms with Gasteiger partial charge in [-0.05, 0) is 7.05 Å². The van der Waals surface area contributed by atoms with E-state index in [4.69, 9.17) is 10.8 Å². The molecule has 8 heteroatoms. The number of nitrogens with one attached hydrogen (secondary N) is 1. The van der Waals surface area contributed by atoms with Gasteiger partial charge in [-0.15, -0.1) is 0 Å². The molecule has 0 saturated carbocycles. The molecule has 8 nitrogen and oxygen atoms in total. The van der Waals surface area contributed by atoms with Gasteiger partial charge >= 0.3 is 5.97 Å². The zero-order chi connectivity index (χ0) is 15.1. The van der Waals surface area contributed by atoms with E-state index >= 15 is 0 Å². The molecule has 0 unspecified atom stereocenters. The molecular weight excluding hydrogens is 264 g/mol. The van der Waals surface area contributed by atoms with Crippen LogP contribution in [0.2, 0.25) is 0 Å². The van der Waals surface area contributed by atoms with E-state index in [9.17, 15) is 14.4 Å². The second-order valence-electron chi connectivity index (χ2n) is 4.93. The van der Waals surface area contributed by atoms with Crippen LogP contribution in [0.3, 0.4) is 0 Å². The molecule has 114 valence electrons. The maximum atomic E-state index is 11.9. The molecule has 0 aromatic carbocycles. The van der Waals surface area contributed by atoms with Crippen LogP contribution in [0, 0.1) is 0 Å². The number of rotatable bonds is 6. The molecule has 0 radical (unpaired) electrons. The van der Waals surface area contributed by atoms with Crippen molar-refractivity contribution in [2.24, 2.45) is 5.73 Å². The molecular formula is C12H22N4O4. The van der Waals surface area contributed by atoms with Crippen molar-refractivity contribution < 1.29 is 19.5 Å². The first-order valence-corrected chi connectivity index (χ1v) is 6.61. The Balaban J connectivity index is 2.20. The van der Waals surface area contributed by atoms with Crippen molar-refractivity contribution in [1.29, 1.82) is 0 Å². The fourth-order valence-electron chi connectivity index (χ4n) is 1.83. The van der Waals surface area contributed by atoms with E-state index < -0.39 is 12.0 Å². The highest BCUT2D eigenvalue weighted by molar-refractivity contribution is 5.84. The Bertz CT molecular complexity index is 366. The van der Waals surface area contributed by atoms with Crippen LogP contribution in [0.5, 0.6) is 0 Å². The van der Waals surface area contributed by atoms with E-state index in [2.05, 4.69) is 10.2 Å². The Kier molecular flexibility index (Phi) is 6.40. The van der Waals surface area contributed by atoms with Crippen LogP contribution in [0.25, 0.3) is 0 Å². The second kappa shape index (κ2) is 7.81. The minimum absolute atomic E-state index is 0.0456. The van der Waals surface area contributed by atoms with Crippen LogP contribution >= 0.6 is 0 Å². The van der Waals surface area contributed by atoms with Gasteiger partial charge in [-0.25, -0.2) is 0 Å². The lowest BCUT2D eigenvalue weighted by atomic mass is 10.2. The van der Waals surface area contributed by atoms with Crippen molar-refractivity contribution in [2.45, 2.75) is 18.9 Å². The van der Waals surface area contributed by atoms with Gasteiger partial charge in [-0.3, -0.25) is 14.4 Å². The quantitative estimate of drug-likeness (QED) is 0.523. The fraction of sp³-hybridized carbons (Fsp3) is 0.750. The second-order valence-corrected chi connectivity index (χ2v) is 4.93. The number of hydrogen-bond donors (Lipinski definition) is 3. The lowest BCUT2D eigenvalue weighted by molar-refractivity contribution is -0.139. The zero-order valence-electron chi connectivity index (χ0n) is 11.7. The van der Waals surface area contributed by atoms with Crippen LogP contribution in [0.1, 0.15) is 12.8 Å². The van der Waals surface area contributed by atoms with Crippen LogP contribution in [-0.2, 0) is 14.4 Å². The lowest BCUT2D eigenvalue weighted by Crippen LogP contribution is -2.47. The lowest BCUT2D eigenvalue weighted by Gasteiger charge is -2.32. The van der Waals surface area contributed by atoms with Crippen LogP contribution in [-0.4, -0.2) is 78.5 Å². The van der Waals surface area contributed by atoms with Crippen LogP contribution in [0.15, 0.2) is 0 Å². The van der Waals surface area contributed by atoms with E-state index in [0.717, 1.165) is 13.1 Å². The summed E-state index contributed by atoms with van der Waals surface area (Å²) in [6.45, 7) is 2.91.